The van der Waals surface area contributed by atoms with Crippen LogP contribution in [-0.4, -0.2) is 57.8 Å². The molecular weight excluding hydrogens is 396 g/mol. The monoisotopic (exact) mass is 426 g/mol. The van der Waals surface area contributed by atoms with E-state index in [0.29, 0.717) is 30.9 Å². The number of nitrogens with zero attached hydrogens (tertiary/aromatic N) is 4. The van der Waals surface area contributed by atoms with E-state index in [1.807, 2.05) is 12.1 Å². The standard InChI is InChI=1S/C22H30N6O3/c1-30-11-12-31-21-25-19(23)18-20(26-21)28(22(29)24-18)15-17-8-6-7-16(13-17)14-27-9-4-2-3-5-10-27/h6-8,13H,2-5,9-12,14-15H2,1H3,(H,24,29)(H2,23,25,26). The molecule has 1 aliphatic rings. The maximum Gasteiger partial charge on any atom is 0.328 e. The lowest BCUT2D eigenvalue weighted by Gasteiger charge is -2.20. The van der Waals surface area contributed by atoms with Crippen LogP contribution in [0.25, 0.3) is 11.2 Å². The van der Waals surface area contributed by atoms with Crippen LogP contribution in [0.5, 0.6) is 6.01 Å². The van der Waals surface area contributed by atoms with Crippen molar-refractivity contribution in [3.63, 3.8) is 0 Å². The number of methoxy groups -OCH3 is 1. The summed E-state index contributed by atoms with van der Waals surface area (Å²) in [7, 11) is 1.59. The molecule has 0 saturated carbocycles. The van der Waals surface area contributed by atoms with Crippen molar-refractivity contribution in [2.75, 3.05) is 39.1 Å². The van der Waals surface area contributed by atoms with Crippen LogP contribution < -0.4 is 16.2 Å². The number of nitrogen functional groups attached to an aromatic ring is 1. The summed E-state index contributed by atoms with van der Waals surface area (Å²) in [6.45, 7) is 4.33. The number of benzene rings is 1. The first-order chi connectivity index (χ1) is 15.1. The van der Waals surface area contributed by atoms with E-state index in [1.165, 1.54) is 31.2 Å². The van der Waals surface area contributed by atoms with Crippen molar-refractivity contribution in [1.29, 1.82) is 0 Å². The number of rotatable bonds is 8. The number of hydrogen-bond acceptors (Lipinski definition) is 7. The number of likely N-dealkylation sites (tertiary alicyclic amines) is 1. The minimum Gasteiger partial charge on any atom is -0.461 e. The van der Waals surface area contributed by atoms with Crippen LogP contribution in [0.1, 0.15) is 36.8 Å². The predicted octanol–water partition coefficient (Wildman–Crippen LogP) is 2.15. The number of anilines is 1. The average Bonchev–Trinajstić information content (AvgIpc) is 2.92. The first kappa shape index (κ1) is 21.3. The van der Waals surface area contributed by atoms with Gasteiger partial charge in [-0.3, -0.25) is 9.47 Å². The highest BCUT2D eigenvalue weighted by atomic mass is 16.5. The fourth-order valence-electron chi connectivity index (χ4n) is 4.02. The molecule has 1 saturated heterocycles. The minimum absolute atomic E-state index is 0.129. The molecule has 9 heteroatoms. The summed E-state index contributed by atoms with van der Waals surface area (Å²) in [6.07, 6.45) is 5.17. The SMILES string of the molecule is COCCOc1nc(N)c2[nH]c(=O)n(Cc3cccc(CN4CCCCCC4)c3)c2n1. The highest BCUT2D eigenvalue weighted by Crippen LogP contribution is 2.19. The van der Waals surface area contributed by atoms with Gasteiger partial charge in [0.1, 0.15) is 12.1 Å². The lowest BCUT2D eigenvalue weighted by molar-refractivity contribution is 0.141. The number of nitrogens with one attached hydrogen (secondary N) is 1. The number of aromatic nitrogens is 4. The molecule has 3 aromatic rings. The molecule has 0 aliphatic carbocycles. The maximum absolute atomic E-state index is 12.6. The summed E-state index contributed by atoms with van der Waals surface area (Å²) in [6, 6.07) is 8.51. The first-order valence-electron chi connectivity index (χ1n) is 10.8. The highest BCUT2D eigenvalue weighted by molar-refractivity contribution is 5.81. The number of nitrogens with two attached hydrogens (primary N) is 1. The van der Waals surface area contributed by atoms with Gasteiger partial charge in [-0.25, -0.2) is 4.79 Å². The van der Waals surface area contributed by atoms with Crippen molar-refractivity contribution in [3.8, 4) is 6.01 Å². The predicted molar refractivity (Wildman–Crippen MR) is 119 cm³/mol. The van der Waals surface area contributed by atoms with Gasteiger partial charge in [-0.1, -0.05) is 37.1 Å². The van der Waals surface area contributed by atoms with E-state index in [2.05, 4.69) is 32.0 Å². The summed E-state index contributed by atoms with van der Waals surface area (Å²) in [4.78, 5) is 26.4. The van der Waals surface area contributed by atoms with E-state index in [1.54, 1.807) is 11.7 Å². The van der Waals surface area contributed by atoms with Crippen molar-refractivity contribution in [3.05, 3.63) is 45.9 Å². The Bertz CT molecular complexity index is 1070. The Labute approximate surface area is 181 Å². The lowest BCUT2D eigenvalue weighted by atomic mass is 10.1. The van der Waals surface area contributed by atoms with Crippen molar-refractivity contribution in [1.82, 2.24) is 24.4 Å². The number of aromatic amines is 1. The number of H-pyrrole nitrogens is 1. The van der Waals surface area contributed by atoms with Gasteiger partial charge in [-0.15, -0.1) is 0 Å². The molecule has 0 radical (unpaired) electrons. The summed E-state index contributed by atoms with van der Waals surface area (Å²) in [5.41, 5.74) is 8.90. The van der Waals surface area contributed by atoms with E-state index < -0.39 is 0 Å². The number of imidazole rings is 1. The number of ether oxygens (including phenoxy) is 2. The van der Waals surface area contributed by atoms with Crippen LogP contribution >= 0.6 is 0 Å². The van der Waals surface area contributed by atoms with Gasteiger partial charge in [0, 0.05) is 13.7 Å². The quantitative estimate of drug-likeness (QED) is 0.531. The van der Waals surface area contributed by atoms with Crippen LogP contribution in [0.2, 0.25) is 0 Å². The molecule has 2 aromatic heterocycles. The normalized spacial score (nSPS) is 15.3. The zero-order valence-electron chi connectivity index (χ0n) is 18.0. The molecule has 0 amide bonds. The van der Waals surface area contributed by atoms with Gasteiger partial charge in [-0.2, -0.15) is 9.97 Å². The van der Waals surface area contributed by atoms with Gasteiger partial charge >= 0.3 is 11.7 Å². The Hall–Kier alpha value is -2.91. The molecule has 1 fully saturated rings. The Balaban J connectivity index is 1.56. The zero-order valence-corrected chi connectivity index (χ0v) is 18.0. The van der Waals surface area contributed by atoms with Gasteiger partial charge in [0.2, 0.25) is 0 Å². The molecule has 1 aliphatic heterocycles. The first-order valence-corrected chi connectivity index (χ1v) is 10.8. The van der Waals surface area contributed by atoms with Crippen molar-refractivity contribution in [2.24, 2.45) is 0 Å². The number of fused-ring (bicyclic) bond motifs is 1. The third kappa shape index (κ3) is 5.23. The van der Waals surface area contributed by atoms with E-state index in [-0.39, 0.29) is 17.5 Å². The second kappa shape index (κ2) is 9.93. The molecule has 3 N–H and O–H groups in total. The Morgan fingerprint density at radius 3 is 2.55 bits per heavy atom. The molecule has 0 bridgehead atoms. The molecule has 1 aromatic carbocycles. The Morgan fingerprint density at radius 1 is 1.06 bits per heavy atom. The number of hydrogen-bond donors (Lipinski definition) is 2. The maximum atomic E-state index is 12.6. The fourth-order valence-corrected chi connectivity index (χ4v) is 4.02. The van der Waals surface area contributed by atoms with Gasteiger partial charge in [0.25, 0.3) is 0 Å². The third-order valence-corrected chi connectivity index (χ3v) is 5.59. The summed E-state index contributed by atoms with van der Waals surface area (Å²) in [5.74, 6) is 0.184. The molecule has 31 heavy (non-hydrogen) atoms. The molecule has 9 nitrogen and oxygen atoms in total. The molecule has 0 spiro atoms. The van der Waals surface area contributed by atoms with Crippen LogP contribution in [0.3, 0.4) is 0 Å². The Morgan fingerprint density at radius 2 is 1.81 bits per heavy atom. The van der Waals surface area contributed by atoms with Crippen LogP contribution in [0, 0.1) is 0 Å². The molecular formula is C22H30N6O3. The van der Waals surface area contributed by atoms with Gasteiger partial charge < -0.3 is 20.2 Å². The molecule has 166 valence electrons. The third-order valence-electron chi connectivity index (χ3n) is 5.59. The molecule has 3 heterocycles. The largest absolute Gasteiger partial charge is 0.461 e. The second-order valence-corrected chi connectivity index (χ2v) is 7.96. The Kier molecular flexibility index (Phi) is 6.83. The summed E-state index contributed by atoms with van der Waals surface area (Å²) in [5, 5.41) is 0. The fraction of sp³-hybridized carbons (Fsp3) is 0.500. The molecule has 0 unspecified atom stereocenters. The summed E-state index contributed by atoms with van der Waals surface area (Å²) >= 11 is 0. The van der Waals surface area contributed by atoms with E-state index in [4.69, 9.17) is 15.2 Å². The van der Waals surface area contributed by atoms with Crippen LogP contribution in [0.15, 0.2) is 29.1 Å². The van der Waals surface area contributed by atoms with E-state index >= 15 is 0 Å². The van der Waals surface area contributed by atoms with Gasteiger partial charge in [0.15, 0.2) is 11.5 Å². The van der Waals surface area contributed by atoms with Crippen LogP contribution in [0.4, 0.5) is 5.82 Å². The van der Waals surface area contributed by atoms with Crippen molar-refractivity contribution < 1.29 is 9.47 Å². The van der Waals surface area contributed by atoms with Gasteiger partial charge in [0.05, 0.1) is 13.2 Å². The van der Waals surface area contributed by atoms with Crippen molar-refractivity contribution >= 4 is 17.0 Å². The van der Waals surface area contributed by atoms with Crippen molar-refractivity contribution in [2.45, 2.75) is 38.8 Å². The molecule has 4 rings (SSSR count). The van der Waals surface area contributed by atoms with Gasteiger partial charge in [-0.05, 0) is 37.1 Å². The summed E-state index contributed by atoms with van der Waals surface area (Å²) < 4.78 is 12.1. The zero-order chi connectivity index (χ0) is 21.6. The average molecular weight is 427 g/mol. The smallest absolute Gasteiger partial charge is 0.328 e. The highest BCUT2D eigenvalue weighted by Gasteiger charge is 2.15. The lowest BCUT2D eigenvalue weighted by Crippen LogP contribution is -2.24. The van der Waals surface area contributed by atoms with E-state index in [9.17, 15) is 4.79 Å². The topological polar surface area (TPSA) is 111 Å². The second-order valence-electron chi connectivity index (χ2n) is 7.96. The van der Waals surface area contributed by atoms with E-state index in [0.717, 1.165) is 25.2 Å². The minimum atomic E-state index is -0.275. The molecule has 0 atom stereocenters. The van der Waals surface area contributed by atoms with Crippen LogP contribution in [-0.2, 0) is 17.8 Å².